The van der Waals surface area contributed by atoms with E-state index in [0.717, 1.165) is 17.7 Å². The Labute approximate surface area is 201 Å². The smallest absolute Gasteiger partial charge is 0.161 e. The topological polar surface area (TPSA) is 79.6 Å². The molecule has 2 aliphatic rings. The molecule has 0 radical (unpaired) electrons. The number of piperidine rings is 1. The quantitative estimate of drug-likeness (QED) is 0.523. The van der Waals surface area contributed by atoms with E-state index in [1.807, 2.05) is 26.0 Å². The van der Waals surface area contributed by atoms with Crippen LogP contribution in [0.1, 0.15) is 39.2 Å². The van der Waals surface area contributed by atoms with Crippen LogP contribution < -0.4 is 9.04 Å². The molecule has 0 amide bonds. The summed E-state index contributed by atoms with van der Waals surface area (Å²) in [7, 11) is -1.72. The third-order valence-corrected chi connectivity index (χ3v) is 8.74. The SMILES string of the molecule is CC(C)Oc1cc(CN2CC[C@@]3(C[C@@H]2C)CN(C)S(O)(O)N3c2ccc(F)c(F)c2)ccc1O. The maximum Gasteiger partial charge on any atom is 0.161 e. The summed E-state index contributed by atoms with van der Waals surface area (Å²) in [6, 6.07) is 8.88. The molecular formula is C24H33F2N3O4S. The van der Waals surface area contributed by atoms with Gasteiger partial charge in [-0.15, -0.1) is 0 Å². The molecule has 188 valence electrons. The Bertz CT molecular complexity index is 1060. The second kappa shape index (κ2) is 9.16. The van der Waals surface area contributed by atoms with Gasteiger partial charge >= 0.3 is 0 Å². The van der Waals surface area contributed by atoms with Crippen LogP contribution in [0.15, 0.2) is 36.4 Å². The number of aromatic hydroxyl groups is 1. The number of phenolic OH excluding ortho intramolecular Hbond substituents is 1. The Morgan fingerprint density at radius 1 is 1.15 bits per heavy atom. The second-order valence-corrected chi connectivity index (χ2v) is 11.6. The van der Waals surface area contributed by atoms with E-state index < -0.39 is 28.1 Å². The number of ether oxygens (including phenoxy) is 1. The van der Waals surface area contributed by atoms with Crippen molar-refractivity contribution in [3.63, 3.8) is 0 Å². The van der Waals surface area contributed by atoms with Gasteiger partial charge in [0.2, 0.25) is 0 Å². The molecule has 0 saturated carbocycles. The Morgan fingerprint density at radius 2 is 1.88 bits per heavy atom. The molecule has 0 bridgehead atoms. The van der Waals surface area contributed by atoms with E-state index in [1.165, 1.54) is 14.7 Å². The van der Waals surface area contributed by atoms with Gasteiger partial charge in [-0.3, -0.25) is 18.3 Å². The molecule has 2 aliphatic heterocycles. The summed E-state index contributed by atoms with van der Waals surface area (Å²) in [6.45, 7) is 7.60. The van der Waals surface area contributed by atoms with Crippen LogP contribution >= 0.6 is 11.0 Å². The predicted molar refractivity (Wildman–Crippen MR) is 130 cm³/mol. The molecule has 2 aromatic rings. The number of nitrogens with zero attached hydrogens (tertiary/aromatic N) is 3. The van der Waals surface area contributed by atoms with Crippen molar-refractivity contribution in [2.24, 2.45) is 0 Å². The Hall–Kier alpha value is -2.11. The van der Waals surface area contributed by atoms with Crippen molar-refractivity contribution < 1.29 is 27.7 Å². The van der Waals surface area contributed by atoms with Gasteiger partial charge in [-0.2, -0.15) is 4.31 Å². The Kier molecular flexibility index (Phi) is 6.73. The number of hydrogen-bond acceptors (Lipinski definition) is 7. The summed E-state index contributed by atoms with van der Waals surface area (Å²) in [5.74, 6) is -1.44. The molecule has 2 aromatic carbocycles. The zero-order valence-electron chi connectivity index (χ0n) is 19.9. The fourth-order valence-corrected chi connectivity index (χ4v) is 6.98. The van der Waals surface area contributed by atoms with Gasteiger partial charge in [0.25, 0.3) is 0 Å². The first-order valence-corrected chi connectivity index (χ1v) is 12.9. The van der Waals surface area contributed by atoms with Crippen LogP contribution in [0, 0.1) is 11.6 Å². The molecule has 7 nitrogen and oxygen atoms in total. The molecule has 4 rings (SSSR count). The van der Waals surface area contributed by atoms with Crippen molar-refractivity contribution in [2.45, 2.75) is 57.8 Å². The van der Waals surface area contributed by atoms with E-state index in [-0.39, 0.29) is 23.6 Å². The molecule has 0 unspecified atom stereocenters. The summed E-state index contributed by atoms with van der Waals surface area (Å²) in [4.78, 5) is 2.30. The van der Waals surface area contributed by atoms with E-state index in [0.29, 0.717) is 38.2 Å². The highest BCUT2D eigenvalue weighted by Gasteiger charge is 2.55. The van der Waals surface area contributed by atoms with Crippen LogP contribution in [0.5, 0.6) is 11.5 Å². The second-order valence-electron chi connectivity index (χ2n) is 9.64. The monoisotopic (exact) mass is 497 g/mol. The van der Waals surface area contributed by atoms with Crippen molar-refractivity contribution in [1.82, 2.24) is 9.21 Å². The third-order valence-electron chi connectivity index (χ3n) is 6.68. The average molecular weight is 498 g/mol. The normalized spacial score (nSPS) is 26.4. The van der Waals surface area contributed by atoms with Crippen LogP contribution in [-0.4, -0.2) is 61.2 Å². The maximum atomic E-state index is 14.1. The lowest BCUT2D eigenvalue weighted by atomic mass is 9.82. The molecule has 0 aliphatic carbocycles. The number of anilines is 1. The van der Waals surface area contributed by atoms with Crippen molar-refractivity contribution in [3.05, 3.63) is 53.6 Å². The van der Waals surface area contributed by atoms with Crippen molar-refractivity contribution >= 4 is 16.6 Å². The molecule has 34 heavy (non-hydrogen) atoms. The molecule has 2 saturated heterocycles. The Morgan fingerprint density at radius 3 is 2.53 bits per heavy atom. The highest BCUT2D eigenvalue weighted by atomic mass is 32.3. The Balaban J connectivity index is 1.57. The maximum absolute atomic E-state index is 14.1. The lowest BCUT2D eigenvalue weighted by Crippen LogP contribution is -2.57. The molecule has 2 heterocycles. The van der Waals surface area contributed by atoms with Gasteiger partial charge in [-0.1, -0.05) is 17.0 Å². The summed E-state index contributed by atoms with van der Waals surface area (Å²) in [5.41, 5.74) is 0.633. The van der Waals surface area contributed by atoms with Crippen LogP contribution in [0.3, 0.4) is 0 Å². The first-order valence-electron chi connectivity index (χ1n) is 11.4. The first-order chi connectivity index (χ1) is 15.9. The van der Waals surface area contributed by atoms with Crippen LogP contribution in [0.4, 0.5) is 14.5 Å². The molecule has 0 aromatic heterocycles. The molecule has 1 spiro atoms. The first kappa shape index (κ1) is 25.0. The molecule has 2 atom stereocenters. The van der Waals surface area contributed by atoms with Crippen LogP contribution in [0.25, 0.3) is 0 Å². The van der Waals surface area contributed by atoms with E-state index in [1.54, 1.807) is 13.1 Å². The van der Waals surface area contributed by atoms with Crippen LogP contribution in [-0.2, 0) is 6.54 Å². The minimum Gasteiger partial charge on any atom is -0.504 e. The van der Waals surface area contributed by atoms with Gasteiger partial charge in [0.15, 0.2) is 23.1 Å². The van der Waals surface area contributed by atoms with Gasteiger partial charge in [-0.05, 0) is 63.4 Å². The van der Waals surface area contributed by atoms with Crippen molar-refractivity contribution in [3.8, 4) is 11.5 Å². The van der Waals surface area contributed by atoms with Gasteiger partial charge in [0.1, 0.15) is 0 Å². The minimum atomic E-state index is -3.36. The standard InChI is InChI=1S/C24H33F2N3O4S/c1-16(2)33-23-11-18(5-8-22(23)30)14-28-10-9-24(13-17(28)3)15-27(4)34(31,32)29(24)19-6-7-20(25)21(26)12-19/h5-8,11-12,16-17,30-32H,9-10,13-15H2,1-4H3/t17-,24+/m0/s1. The predicted octanol–water partition coefficient (Wildman–Crippen LogP) is 5.21. The number of likely N-dealkylation sites (N-methyl/N-ethyl adjacent to an activating group) is 1. The number of phenols is 1. The number of hydrogen-bond donors (Lipinski definition) is 3. The fraction of sp³-hybridized carbons (Fsp3) is 0.500. The van der Waals surface area contributed by atoms with Gasteiger partial charge < -0.3 is 9.84 Å². The van der Waals surface area contributed by atoms with Gasteiger partial charge in [-0.25, -0.2) is 8.78 Å². The van der Waals surface area contributed by atoms with Crippen LogP contribution in [0.2, 0.25) is 0 Å². The van der Waals surface area contributed by atoms with E-state index in [2.05, 4.69) is 11.8 Å². The number of likely N-dealkylation sites (tertiary alicyclic amines) is 1. The third kappa shape index (κ3) is 4.57. The zero-order valence-corrected chi connectivity index (χ0v) is 20.7. The number of rotatable bonds is 5. The fourth-order valence-electron chi connectivity index (χ4n) is 5.15. The lowest BCUT2D eigenvalue weighted by molar-refractivity contribution is 0.100. The molecular weight excluding hydrogens is 464 g/mol. The molecule has 2 fully saturated rings. The van der Waals surface area contributed by atoms with Gasteiger partial charge in [0.05, 0.1) is 17.3 Å². The molecule has 3 N–H and O–H groups in total. The average Bonchev–Trinajstić information content (AvgIpc) is 2.93. The molecule has 10 heteroatoms. The van der Waals surface area contributed by atoms with E-state index in [9.17, 15) is 23.0 Å². The lowest BCUT2D eigenvalue weighted by Gasteiger charge is -2.51. The van der Waals surface area contributed by atoms with Crippen molar-refractivity contribution in [1.29, 1.82) is 0 Å². The number of halogens is 2. The highest BCUT2D eigenvalue weighted by Crippen LogP contribution is 2.61. The zero-order chi connectivity index (χ0) is 24.8. The summed E-state index contributed by atoms with van der Waals surface area (Å²) in [6.07, 6.45) is 1.17. The van der Waals surface area contributed by atoms with Crippen molar-refractivity contribution in [2.75, 3.05) is 24.4 Å². The summed E-state index contributed by atoms with van der Waals surface area (Å²) in [5, 5.41) is 10.1. The van der Waals surface area contributed by atoms with E-state index >= 15 is 0 Å². The summed E-state index contributed by atoms with van der Waals surface area (Å²) >= 11 is 0. The largest absolute Gasteiger partial charge is 0.504 e. The van der Waals surface area contributed by atoms with Gasteiger partial charge in [0, 0.05) is 38.8 Å². The van der Waals surface area contributed by atoms with E-state index in [4.69, 9.17) is 4.74 Å². The minimum absolute atomic E-state index is 0.0590. The summed E-state index contributed by atoms with van der Waals surface area (Å²) < 4.78 is 58.3. The number of benzene rings is 2. The highest BCUT2D eigenvalue weighted by molar-refractivity contribution is 8.23.